The second kappa shape index (κ2) is 5.27. The van der Waals surface area contributed by atoms with E-state index in [0.29, 0.717) is 6.54 Å². The number of hydrogen-bond acceptors (Lipinski definition) is 4. The molecule has 0 aliphatic heterocycles. The van der Waals surface area contributed by atoms with Crippen molar-refractivity contribution in [3.63, 3.8) is 0 Å². The summed E-state index contributed by atoms with van der Waals surface area (Å²) in [7, 11) is 1.83. The molecule has 6 nitrogen and oxygen atoms in total. The lowest BCUT2D eigenvalue weighted by Gasteiger charge is -2.27. The third-order valence-corrected chi connectivity index (χ3v) is 3.25. The number of hydrogen-bond donors (Lipinski definition) is 2. The van der Waals surface area contributed by atoms with E-state index in [9.17, 15) is 4.79 Å². The summed E-state index contributed by atoms with van der Waals surface area (Å²) in [6, 6.07) is 0.284. The number of carbonyl (C=O) groups is 1. The van der Waals surface area contributed by atoms with Crippen molar-refractivity contribution in [1.29, 1.82) is 0 Å². The van der Waals surface area contributed by atoms with E-state index in [1.807, 2.05) is 13.2 Å². The Morgan fingerprint density at radius 1 is 1.65 bits per heavy atom. The Morgan fingerprint density at radius 2 is 2.47 bits per heavy atom. The number of nitrogens with one attached hydrogen (secondary N) is 1. The van der Waals surface area contributed by atoms with Crippen molar-refractivity contribution in [3.05, 3.63) is 11.9 Å². The van der Waals surface area contributed by atoms with Crippen LogP contribution in [0.1, 0.15) is 31.4 Å². The monoisotopic (exact) mass is 238 g/mol. The first-order chi connectivity index (χ1) is 8.15. The predicted octanol–water partition coefficient (Wildman–Crippen LogP) is 0.548. The molecule has 17 heavy (non-hydrogen) atoms. The van der Waals surface area contributed by atoms with E-state index in [1.165, 1.54) is 0 Å². The van der Waals surface area contributed by atoms with E-state index in [1.54, 1.807) is 4.68 Å². The van der Waals surface area contributed by atoms with Crippen LogP contribution >= 0.6 is 0 Å². The summed E-state index contributed by atoms with van der Waals surface area (Å²) in [4.78, 5) is 10.9. The summed E-state index contributed by atoms with van der Waals surface area (Å²) in [5.74, 6) is -0.862. The van der Waals surface area contributed by atoms with Crippen LogP contribution < -0.4 is 5.32 Å². The molecule has 1 heterocycles. The Bertz CT molecular complexity index is 391. The number of aromatic nitrogens is 3. The minimum absolute atomic E-state index is 0.192. The number of nitrogens with zero attached hydrogens (tertiary/aromatic N) is 3. The molecule has 0 saturated heterocycles. The average molecular weight is 238 g/mol. The predicted molar refractivity (Wildman–Crippen MR) is 61.2 cm³/mol. The van der Waals surface area contributed by atoms with Gasteiger partial charge in [-0.2, -0.15) is 0 Å². The maximum atomic E-state index is 10.9. The van der Waals surface area contributed by atoms with Crippen LogP contribution in [0, 0.1) is 5.92 Å². The van der Waals surface area contributed by atoms with Crippen LogP contribution in [0.25, 0.3) is 0 Å². The second-order valence-electron chi connectivity index (χ2n) is 4.66. The molecular weight excluding hydrogens is 220 g/mol. The van der Waals surface area contributed by atoms with E-state index in [4.69, 9.17) is 5.11 Å². The van der Waals surface area contributed by atoms with Crippen molar-refractivity contribution in [2.45, 2.75) is 38.3 Å². The Labute approximate surface area is 100 Å². The Hall–Kier alpha value is -1.43. The first-order valence-corrected chi connectivity index (χ1v) is 5.96. The highest BCUT2D eigenvalue weighted by molar-refractivity contribution is 5.70. The fraction of sp³-hybridized carbons (Fsp3) is 0.727. The van der Waals surface area contributed by atoms with Crippen LogP contribution in [0.4, 0.5) is 0 Å². The lowest BCUT2D eigenvalue weighted by Crippen LogP contribution is -2.36. The zero-order valence-corrected chi connectivity index (χ0v) is 9.96. The molecule has 2 unspecified atom stereocenters. The van der Waals surface area contributed by atoms with Gasteiger partial charge in [0.2, 0.25) is 0 Å². The molecule has 0 amide bonds. The van der Waals surface area contributed by atoms with Gasteiger partial charge in [-0.1, -0.05) is 11.6 Å². The molecule has 1 fully saturated rings. The van der Waals surface area contributed by atoms with Gasteiger partial charge in [0.15, 0.2) is 0 Å². The first-order valence-electron chi connectivity index (χ1n) is 5.96. The van der Waals surface area contributed by atoms with Gasteiger partial charge in [-0.05, 0) is 19.3 Å². The van der Waals surface area contributed by atoms with Crippen LogP contribution in [0.5, 0.6) is 0 Å². The highest BCUT2D eigenvalue weighted by atomic mass is 16.4. The highest BCUT2D eigenvalue weighted by Gasteiger charge is 2.26. The molecule has 2 atom stereocenters. The van der Waals surface area contributed by atoms with E-state index in [0.717, 1.165) is 31.4 Å². The molecule has 1 aliphatic carbocycles. The van der Waals surface area contributed by atoms with Gasteiger partial charge in [-0.3, -0.25) is 9.48 Å². The molecule has 0 radical (unpaired) electrons. The zero-order valence-electron chi connectivity index (χ0n) is 9.96. The largest absolute Gasteiger partial charge is 0.481 e. The van der Waals surface area contributed by atoms with Crippen LogP contribution in [0.3, 0.4) is 0 Å². The molecule has 1 aromatic heterocycles. The van der Waals surface area contributed by atoms with Gasteiger partial charge in [-0.15, -0.1) is 5.10 Å². The minimum Gasteiger partial charge on any atom is -0.481 e. The molecule has 0 bridgehead atoms. The molecule has 94 valence electrons. The standard InChI is InChI=1S/C11H18N4O2/c1-15-7-10(13-14-15)6-12-9-4-2-3-8(5-9)11(16)17/h7-9,12H,2-6H2,1H3,(H,16,17). The first kappa shape index (κ1) is 12.0. The third-order valence-electron chi connectivity index (χ3n) is 3.25. The lowest BCUT2D eigenvalue weighted by molar-refractivity contribution is -0.143. The molecule has 1 aliphatic rings. The molecule has 0 spiro atoms. The van der Waals surface area contributed by atoms with Gasteiger partial charge < -0.3 is 10.4 Å². The summed E-state index contributed by atoms with van der Waals surface area (Å²) in [6.45, 7) is 0.658. The molecule has 2 N–H and O–H groups in total. The van der Waals surface area contributed by atoms with Crippen molar-refractivity contribution in [3.8, 4) is 0 Å². The van der Waals surface area contributed by atoms with Crippen LogP contribution in [-0.2, 0) is 18.4 Å². The van der Waals surface area contributed by atoms with Crippen molar-refractivity contribution >= 4 is 5.97 Å². The van der Waals surface area contributed by atoms with Gasteiger partial charge in [0.1, 0.15) is 0 Å². The van der Waals surface area contributed by atoms with E-state index >= 15 is 0 Å². The van der Waals surface area contributed by atoms with Gasteiger partial charge >= 0.3 is 5.97 Å². The lowest BCUT2D eigenvalue weighted by atomic mass is 9.86. The van der Waals surface area contributed by atoms with Gasteiger partial charge in [-0.25, -0.2) is 0 Å². The van der Waals surface area contributed by atoms with Crippen molar-refractivity contribution in [2.24, 2.45) is 13.0 Å². The van der Waals surface area contributed by atoms with Gasteiger partial charge in [0, 0.05) is 25.8 Å². The van der Waals surface area contributed by atoms with Crippen molar-refractivity contribution in [2.75, 3.05) is 0 Å². The molecule has 6 heteroatoms. The smallest absolute Gasteiger partial charge is 0.306 e. The summed E-state index contributed by atoms with van der Waals surface area (Å²) in [5.41, 5.74) is 0.893. The number of aliphatic carboxylic acids is 1. The van der Waals surface area contributed by atoms with Gasteiger partial charge in [0.05, 0.1) is 11.6 Å². The molecule has 2 rings (SSSR count). The maximum Gasteiger partial charge on any atom is 0.306 e. The third kappa shape index (κ3) is 3.26. The molecule has 0 aromatic carbocycles. The maximum absolute atomic E-state index is 10.9. The number of carboxylic acids is 1. The molecule has 1 saturated carbocycles. The van der Waals surface area contributed by atoms with E-state index < -0.39 is 5.97 Å². The summed E-state index contributed by atoms with van der Waals surface area (Å²) in [6.07, 6.45) is 5.41. The van der Waals surface area contributed by atoms with Crippen LogP contribution in [0.2, 0.25) is 0 Å². The van der Waals surface area contributed by atoms with Crippen LogP contribution in [0.15, 0.2) is 6.20 Å². The molecule has 1 aromatic rings. The fourth-order valence-corrected chi connectivity index (χ4v) is 2.32. The van der Waals surface area contributed by atoms with Crippen molar-refractivity contribution < 1.29 is 9.90 Å². The quantitative estimate of drug-likeness (QED) is 0.800. The topological polar surface area (TPSA) is 80.0 Å². The summed E-state index contributed by atoms with van der Waals surface area (Å²) < 4.78 is 1.66. The van der Waals surface area contributed by atoms with Crippen molar-refractivity contribution in [1.82, 2.24) is 20.3 Å². The number of rotatable bonds is 4. The van der Waals surface area contributed by atoms with E-state index in [2.05, 4.69) is 15.6 Å². The minimum atomic E-state index is -0.670. The number of carboxylic acid groups (broad SMARTS) is 1. The zero-order chi connectivity index (χ0) is 12.3. The summed E-state index contributed by atoms with van der Waals surface area (Å²) >= 11 is 0. The van der Waals surface area contributed by atoms with Crippen LogP contribution in [-0.4, -0.2) is 32.1 Å². The normalized spacial score (nSPS) is 24.8. The Morgan fingerprint density at radius 3 is 3.12 bits per heavy atom. The summed E-state index contributed by atoms with van der Waals surface area (Å²) in [5, 5.41) is 20.2. The number of aryl methyl sites for hydroxylation is 1. The second-order valence-corrected chi connectivity index (χ2v) is 4.66. The average Bonchev–Trinajstić information content (AvgIpc) is 2.73. The Balaban J connectivity index is 1.81. The fourth-order valence-electron chi connectivity index (χ4n) is 2.32. The molecular formula is C11H18N4O2. The van der Waals surface area contributed by atoms with E-state index in [-0.39, 0.29) is 12.0 Å². The highest BCUT2D eigenvalue weighted by Crippen LogP contribution is 2.24. The SMILES string of the molecule is Cn1cc(CNC2CCCC(C(=O)O)C2)nn1. The Kier molecular flexibility index (Phi) is 3.73. The van der Waals surface area contributed by atoms with Gasteiger partial charge in [0.25, 0.3) is 0 Å².